The summed E-state index contributed by atoms with van der Waals surface area (Å²) in [6.07, 6.45) is 0. The third kappa shape index (κ3) is 7.48. The highest BCUT2D eigenvalue weighted by molar-refractivity contribution is 14.1. The number of amides is 3. The summed E-state index contributed by atoms with van der Waals surface area (Å²) in [6.45, 7) is 1.96. The second-order valence-electron chi connectivity index (χ2n) is 7.37. The van der Waals surface area contributed by atoms with Crippen molar-refractivity contribution in [3.8, 4) is 0 Å². The van der Waals surface area contributed by atoms with E-state index in [9.17, 15) is 27.6 Å². The number of hydrogen-bond acceptors (Lipinski definition) is 7. The highest BCUT2D eigenvalue weighted by Crippen LogP contribution is 2.39. The number of halogens is 3. The van der Waals surface area contributed by atoms with Crippen molar-refractivity contribution in [1.29, 1.82) is 0 Å². The quantitative estimate of drug-likeness (QED) is 0.272. The van der Waals surface area contributed by atoms with Crippen LogP contribution in [0.3, 0.4) is 0 Å². The number of carbonyl (C=O) groups is 4. The Labute approximate surface area is 248 Å². The number of carbonyl (C=O) groups excluding carboxylic acids is 4. The maximum absolute atomic E-state index is 13.0. The smallest absolute Gasteiger partial charge is 0.340 e. The van der Waals surface area contributed by atoms with Gasteiger partial charge in [0, 0.05) is 33.6 Å². The molecule has 0 heterocycles. The number of rotatable bonds is 8. The van der Waals surface area contributed by atoms with E-state index in [4.69, 9.17) is 4.74 Å². The molecule has 0 spiro atoms. The van der Waals surface area contributed by atoms with Crippen molar-refractivity contribution in [3.05, 3.63) is 40.5 Å². The number of nitrogens with zero attached hydrogens (tertiary/aromatic N) is 1. The maximum Gasteiger partial charge on any atom is 0.340 e. The summed E-state index contributed by atoms with van der Waals surface area (Å²) < 4.78 is 32.1. The zero-order chi connectivity index (χ0) is 27.4. The number of hydrogen-bond donors (Lipinski definition) is 3. The summed E-state index contributed by atoms with van der Waals surface area (Å²) in [5, 5.41) is 7.80. The highest BCUT2D eigenvalue weighted by Gasteiger charge is 2.27. The van der Waals surface area contributed by atoms with Crippen LogP contribution in [0.25, 0.3) is 0 Å². The van der Waals surface area contributed by atoms with Crippen molar-refractivity contribution in [1.82, 2.24) is 4.31 Å². The molecule has 0 aliphatic rings. The van der Waals surface area contributed by atoms with Crippen LogP contribution < -0.4 is 16.0 Å². The van der Waals surface area contributed by atoms with Gasteiger partial charge in [0.25, 0.3) is 5.91 Å². The Bertz CT molecular complexity index is 1300. The summed E-state index contributed by atoms with van der Waals surface area (Å²) in [4.78, 5) is 48.8. The minimum atomic E-state index is -3.70. The van der Waals surface area contributed by atoms with Crippen LogP contribution in [-0.4, -0.2) is 57.1 Å². The van der Waals surface area contributed by atoms with Crippen LogP contribution in [0.2, 0.25) is 0 Å². The minimum Gasteiger partial charge on any atom is -0.452 e. The second kappa shape index (κ2) is 12.8. The lowest BCUT2D eigenvalue weighted by Crippen LogP contribution is -2.24. The first-order valence-corrected chi connectivity index (χ1v) is 14.6. The van der Waals surface area contributed by atoms with E-state index in [0.29, 0.717) is 22.1 Å². The van der Waals surface area contributed by atoms with Crippen molar-refractivity contribution in [2.24, 2.45) is 0 Å². The number of nitrogens with one attached hydrogen (secondary N) is 3. The van der Waals surface area contributed by atoms with E-state index in [2.05, 4.69) is 16.0 Å². The molecule has 0 bridgehead atoms. The van der Waals surface area contributed by atoms with Crippen molar-refractivity contribution >= 4 is 119 Å². The Kier molecular flexibility index (Phi) is 10.9. The van der Waals surface area contributed by atoms with Gasteiger partial charge in [-0.25, -0.2) is 17.5 Å². The predicted octanol–water partition coefficient (Wildman–Crippen LogP) is 3.46. The molecular weight excluding hydrogens is 833 g/mol. The van der Waals surface area contributed by atoms with E-state index >= 15 is 0 Å². The van der Waals surface area contributed by atoms with E-state index in [1.54, 1.807) is 0 Å². The van der Waals surface area contributed by atoms with Crippen LogP contribution >= 0.6 is 67.8 Å². The van der Waals surface area contributed by atoms with Crippen LogP contribution in [0, 0.1) is 10.7 Å². The number of ether oxygens (including phenoxy) is 1. The van der Waals surface area contributed by atoms with Crippen molar-refractivity contribution < 1.29 is 32.3 Å². The molecule has 0 aromatic heterocycles. The van der Waals surface area contributed by atoms with Crippen LogP contribution in [-0.2, 0) is 29.1 Å². The number of esters is 1. The van der Waals surface area contributed by atoms with Crippen LogP contribution in [0.5, 0.6) is 0 Å². The lowest BCUT2D eigenvalue weighted by Gasteiger charge is -2.19. The molecule has 15 heteroatoms. The van der Waals surface area contributed by atoms with Crippen LogP contribution in [0.15, 0.2) is 29.2 Å². The van der Waals surface area contributed by atoms with Crippen molar-refractivity contribution in [3.63, 3.8) is 0 Å². The van der Waals surface area contributed by atoms with Crippen molar-refractivity contribution in [2.45, 2.75) is 18.7 Å². The summed E-state index contributed by atoms with van der Waals surface area (Å²) in [5.41, 5.74) is 0.917. The molecule has 0 saturated carbocycles. The van der Waals surface area contributed by atoms with Gasteiger partial charge >= 0.3 is 5.97 Å². The zero-order valence-corrected chi connectivity index (χ0v) is 26.7. The zero-order valence-electron chi connectivity index (χ0n) is 19.4. The van der Waals surface area contributed by atoms with E-state index in [-0.39, 0.29) is 28.0 Å². The first kappa shape index (κ1) is 30.6. The normalized spacial score (nSPS) is 11.1. The average molecular weight is 854 g/mol. The number of benzene rings is 2. The van der Waals surface area contributed by atoms with Gasteiger partial charge in [0.05, 0.1) is 32.5 Å². The van der Waals surface area contributed by atoms with E-state index < -0.39 is 28.5 Å². The van der Waals surface area contributed by atoms with Gasteiger partial charge in [-0.15, -0.1) is 0 Å². The minimum absolute atomic E-state index is 0.0127. The fourth-order valence-corrected chi connectivity index (χ4v) is 7.85. The molecule has 0 radical (unpaired) electrons. The lowest BCUT2D eigenvalue weighted by molar-refractivity contribution is -0.119. The third-order valence-electron chi connectivity index (χ3n) is 4.35. The second-order valence-corrected chi connectivity index (χ2v) is 12.8. The third-order valence-corrected chi connectivity index (χ3v) is 9.40. The summed E-state index contributed by atoms with van der Waals surface area (Å²) in [6, 6.07) is 5.66. The Balaban J connectivity index is 2.28. The van der Waals surface area contributed by atoms with Gasteiger partial charge in [0.1, 0.15) is 0 Å². The Hall–Kier alpha value is -1.58. The lowest BCUT2D eigenvalue weighted by atomic mass is 10.1. The molecule has 0 fully saturated rings. The maximum atomic E-state index is 13.0. The Morgan fingerprint density at radius 1 is 0.889 bits per heavy atom. The van der Waals surface area contributed by atoms with Crippen LogP contribution in [0.1, 0.15) is 24.2 Å². The van der Waals surface area contributed by atoms with Gasteiger partial charge in [-0.05, 0) is 86.0 Å². The molecule has 3 amide bonds. The topological polar surface area (TPSA) is 151 Å². The molecular formula is C21H21I3N4O7S. The van der Waals surface area contributed by atoms with Gasteiger partial charge in [0.15, 0.2) is 6.61 Å². The standard InChI is InChI=1S/C21H21I3N4O7S/c1-10(29)25-19-16(22)15(17(23)20(18(19)24)26-11(2)30)21(32)35-9-14(31)27-12-6-5-7-13(8-12)36(33,34)28(3)4/h5-8H,9H2,1-4H3,(H,25,29)(H,26,30)(H,27,31). The molecule has 2 aromatic rings. The largest absolute Gasteiger partial charge is 0.452 e. The first-order chi connectivity index (χ1) is 16.7. The molecule has 11 nitrogen and oxygen atoms in total. The van der Waals surface area contributed by atoms with Gasteiger partial charge in [0.2, 0.25) is 21.8 Å². The van der Waals surface area contributed by atoms with E-state index in [1.165, 1.54) is 52.2 Å². The van der Waals surface area contributed by atoms with Gasteiger partial charge in [-0.2, -0.15) is 0 Å². The fraction of sp³-hybridized carbons (Fsp3) is 0.238. The van der Waals surface area contributed by atoms with E-state index in [0.717, 1.165) is 4.31 Å². The van der Waals surface area contributed by atoms with Gasteiger partial charge < -0.3 is 20.7 Å². The molecule has 0 saturated heterocycles. The van der Waals surface area contributed by atoms with Crippen molar-refractivity contribution in [2.75, 3.05) is 36.7 Å². The molecule has 194 valence electrons. The molecule has 2 aromatic carbocycles. The molecule has 3 N–H and O–H groups in total. The number of sulfonamides is 1. The first-order valence-electron chi connectivity index (χ1n) is 9.92. The van der Waals surface area contributed by atoms with E-state index in [1.807, 2.05) is 67.8 Å². The average Bonchev–Trinajstić information content (AvgIpc) is 2.78. The Morgan fingerprint density at radius 2 is 1.42 bits per heavy atom. The molecule has 0 aliphatic carbocycles. The SMILES string of the molecule is CC(=O)Nc1c(I)c(NC(C)=O)c(I)c(C(=O)OCC(=O)Nc2cccc(S(=O)(=O)N(C)C)c2)c1I. The fourth-order valence-electron chi connectivity index (χ4n) is 2.76. The predicted molar refractivity (Wildman–Crippen MR) is 159 cm³/mol. The van der Waals surface area contributed by atoms with Gasteiger partial charge in [-0.3, -0.25) is 14.4 Å². The number of anilines is 3. The molecule has 0 aliphatic heterocycles. The van der Waals surface area contributed by atoms with Gasteiger partial charge in [-0.1, -0.05) is 6.07 Å². The molecule has 36 heavy (non-hydrogen) atoms. The molecule has 0 unspecified atom stereocenters. The Morgan fingerprint density at radius 3 is 1.89 bits per heavy atom. The summed E-state index contributed by atoms with van der Waals surface area (Å²) in [5.74, 6) is -2.30. The summed E-state index contributed by atoms with van der Waals surface area (Å²) in [7, 11) is -0.919. The monoisotopic (exact) mass is 854 g/mol. The van der Waals surface area contributed by atoms with Crippen LogP contribution in [0.4, 0.5) is 17.1 Å². The molecule has 2 rings (SSSR count). The highest BCUT2D eigenvalue weighted by atomic mass is 127. The summed E-state index contributed by atoms with van der Waals surface area (Å²) >= 11 is 5.72. The molecule has 0 atom stereocenters.